The highest BCUT2D eigenvalue weighted by molar-refractivity contribution is 7.80. The van der Waals surface area contributed by atoms with Gasteiger partial charge in [0.05, 0.1) is 0 Å². The van der Waals surface area contributed by atoms with Crippen LogP contribution in [0.3, 0.4) is 0 Å². The van der Waals surface area contributed by atoms with Crippen LogP contribution in [0.15, 0.2) is 0 Å². The summed E-state index contributed by atoms with van der Waals surface area (Å²) in [6.07, 6.45) is 3.66. The van der Waals surface area contributed by atoms with Crippen molar-refractivity contribution in [1.29, 1.82) is 0 Å². The highest BCUT2D eigenvalue weighted by atomic mass is 32.3. The molecule has 1 aromatic heterocycles. The van der Waals surface area contributed by atoms with E-state index in [1.165, 1.54) is 6.42 Å². The largest absolute Gasteiger partial charge is 0.474 e. The number of nitrogens with two attached hydrogens (primary N) is 1. The van der Waals surface area contributed by atoms with Crippen LogP contribution in [-0.2, 0) is 16.8 Å². The summed E-state index contributed by atoms with van der Waals surface area (Å²) >= 11 is 0. The van der Waals surface area contributed by atoms with E-state index < -0.39 is 10.4 Å². The van der Waals surface area contributed by atoms with Crippen LogP contribution in [-0.4, -0.2) is 36.0 Å². The van der Waals surface area contributed by atoms with Gasteiger partial charge in [0.1, 0.15) is 0 Å². The fourth-order valence-corrected chi connectivity index (χ4v) is 2.45. The van der Waals surface area contributed by atoms with Crippen LogP contribution in [0.5, 0.6) is 0 Å². The van der Waals surface area contributed by atoms with Crippen LogP contribution < -0.4 is 19.6 Å². The summed E-state index contributed by atoms with van der Waals surface area (Å²) in [6, 6.07) is 0. The summed E-state index contributed by atoms with van der Waals surface area (Å²) in [6.45, 7) is 3.45. The van der Waals surface area contributed by atoms with Crippen molar-refractivity contribution in [3.63, 3.8) is 0 Å². The van der Waals surface area contributed by atoms with Gasteiger partial charge in [-0.05, 0) is 24.0 Å². The molecular weight excluding hydrogens is 286 g/mol. The molecule has 0 aliphatic carbocycles. The Kier molecular flexibility index (Phi) is 4.23. The van der Waals surface area contributed by atoms with Crippen molar-refractivity contribution >= 4 is 22.3 Å². The minimum absolute atomic E-state index is 0.171. The summed E-state index contributed by atoms with van der Waals surface area (Å²) in [5, 5.41) is 0. The number of piperidine rings is 1. The molecule has 1 saturated heterocycles. The number of nitrogens with zero attached hydrogens (tertiary/aromatic N) is 4. The van der Waals surface area contributed by atoms with E-state index in [-0.39, 0.29) is 11.8 Å². The van der Waals surface area contributed by atoms with Gasteiger partial charge in [-0.25, -0.2) is 4.28 Å². The van der Waals surface area contributed by atoms with Gasteiger partial charge in [0.2, 0.25) is 0 Å². The third-order valence-corrected chi connectivity index (χ3v) is 3.35. The molecule has 0 spiro atoms. The zero-order valence-corrected chi connectivity index (χ0v) is 12.0. The molecule has 112 valence electrons. The summed E-state index contributed by atoms with van der Waals surface area (Å²) < 4.78 is 35.4. The minimum atomic E-state index is -4.68. The lowest BCUT2D eigenvalue weighted by molar-refractivity contribution is -0.854. The number of hydrogen-bond acceptors (Lipinski definition) is 7. The Labute approximate surface area is 117 Å². The quantitative estimate of drug-likeness (QED) is 0.543. The second-order valence-electron chi connectivity index (χ2n) is 4.50. The number of anilines is 2. The Bertz CT molecular complexity index is 586. The maximum Gasteiger partial charge on any atom is 0.474 e. The molecule has 0 saturated carbocycles. The molecule has 0 amide bonds. The van der Waals surface area contributed by atoms with Gasteiger partial charge in [0.15, 0.2) is 0 Å². The summed E-state index contributed by atoms with van der Waals surface area (Å²) in [5.74, 6) is 0.556. The maximum absolute atomic E-state index is 10.8. The van der Waals surface area contributed by atoms with E-state index in [1.807, 2.05) is 4.90 Å². The fourth-order valence-electron chi connectivity index (χ4n) is 2.10. The SMILES string of the molecule is CCc1nc(N2CCCCC2)nc(N)[n+]1OS(=O)(=O)O. The van der Waals surface area contributed by atoms with E-state index in [0.717, 1.165) is 30.7 Å². The van der Waals surface area contributed by atoms with Crippen molar-refractivity contribution < 1.29 is 22.0 Å². The molecule has 0 aromatic carbocycles. The van der Waals surface area contributed by atoms with E-state index in [1.54, 1.807) is 6.92 Å². The monoisotopic (exact) mass is 304 g/mol. The summed E-state index contributed by atoms with van der Waals surface area (Å²) in [5.41, 5.74) is 5.70. The molecule has 1 fully saturated rings. The molecule has 9 nitrogen and oxygen atoms in total. The number of aromatic nitrogens is 3. The van der Waals surface area contributed by atoms with Gasteiger partial charge < -0.3 is 10.6 Å². The zero-order valence-electron chi connectivity index (χ0n) is 11.2. The molecule has 0 bridgehead atoms. The van der Waals surface area contributed by atoms with E-state index in [4.69, 9.17) is 10.3 Å². The van der Waals surface area contributed by atoms with Gasteiger partial charge in [-0.3, -0.25) is 4.55 Å². The predicted octanol–water partition coefficient (Wildman–Crippen LogP) is -0.870. The average Bonchev–Trinajstić information content (AvgIpc) is 2.40. The van der Waals surface area contributed by atoms with Gasteiger partial charge in [-0.2, -0.15) is 8.42 Å². The Balaban J connectivity index is 2.36. The van der Waals surface area contributed by atoms with Crippen LogP contribution >= 0.6 is 0 Å². The molecule has 2 heterocycles. The zero-order chi connectivity index (χ0) is 14.8. The Morgan fingerprint density at radius 2 is 2.00 bits per heavy atom. The topological polar surface area (TPSA) is 123 Å². The number of rotatable bonds is 4. The van der Waals surface area contributed by atoms with Gasteiger partial charge >= 0.3 is 22.3 Å². The normalized spacial score (nSPS) is 16.2. The molecule has 1 aliphatic rings. The predicted molar refractivity (Wildman–Crippen MR) is 70.2 cm³/mol. The second-order valence-corrected chi connectivity index (χ2v) is 5.50. The summed E-state index contributed by atoms with van der Waals surface area (Å²) in [4.78, 5) is 10.3. The van der Waals surface area contributed by atoms with E-state index in [9.17, 15) is 8.42 Å². The number of aryl methyl sites for hydroxylation is 1. The van der Waals surface area contributed by atoms with Crippen LogP contribution in [0.2, 0.25) is 0 Å². The highest BCUT2D eigenvalue weighted by Crippen LogP contribution is 2.15. The van der Waals surface area contributed by atoms with Crippen molar-refractivity contribution in [3.05, 3.63) is 5.82 Å². The average molecular weight is 304 g/mol. The van der Waals surface area contributed by atoms with Crippen LogP contribution in [0.1, 0.15) is 32.0 Å². The molecule has 3 N–H and O–H groups in total. The lowest BCUT2D eigenvalue weighted by Gasteiger charge is -2.24. The molecule has 1 aliphatic heterocycles. The number of hydrogen-bond donors (Lipinski definition) is 2. The third-order valence-electron chi connectivity index (χ3n) is 3.01. The highest BCUT2D eigenvalue weighted by Gasteiger charge is 2.26. The first-order chi connectivity index (χ1) is 9.40. The fraction of sp³-hybridized carbons (Fsp3) is 0.700. The third kappa shape index (κ3) is 3.45. The summed E-state index contributed by atoms with van der Waals surface area (Å²) in [7, 11) is -4.68. The van der Waals surface area contributed by atoms with Gasteiger partial charge in [0.25, 0.3) is 5.82 Å². The van der Waals surface area contributed by atoms with E-state index in [2.05, 4.69) is 14.3 Å². The molecule has 10 heteroatoms. The van der Waals surface area contributed by atoms with Crippen molar-refractivity contribution in [2.75, 3.05) is 23.7 Å². The Morgan fingerprint density at radius 1 is 1.35 bits per heavy atom. The van der Waals surface area contributed by atoms with Crippen LogP contribution in [0, 0.1) is 0 Å². The van der Waals surface area contributed by atoms with Crippen LogP contribution in [0.25, 0.3) is 0 Å². The molecule has 20 heavy (non-hydrogen) atoms. The Hall–Kier alpha value is -1.68. The first-order valence-corrected chi connectivity index (χ1v) is 7.78. The smallest absolute Gasteiger partial charge is 0.320 e. The van der Waals surface area contributed by atoms with E-state index >= 15 is 0 Å². The standard InChI is InChI=1S/C10H17N5O4S/c1-2-8-12-10(14-6-4-3-5-7-14)13-9(11)15(8)19-20(16,17)18/h11H,2-7H2,1H3,(H,16,17,18)/p+1. The van der Waals surface area contributed by atoms with Crippen molar-refractivity contribution in [2.24, 2.45) is 0 Å². The molecule has 1 aromatic rings. The van der Waals surface area contributed by atoms with Crippen molar-refractivity contribution in [2.45, 2.75) is 32.6 Å². The minimum Gasteiger partial charge on any atom is -0.320 e. The number of nitrogen functional groups attached to an aromatic ring is 1. The second kappa shape index (κ2) is 5.75. The maximum atomic E-state index is 10.8. The Morgan fingerprint density at radius 3 is 2.55 bits per heavy atom. The van der Waals surface area contributed by atoms with Crippen LogP contribution in [0.4, 0.5) is 11.9 Å². The first kappa shape index (κ1) is 14.7. The molecular formula is C10H18N5O4S+. The van der Waals surface area contributed by atoms with E-state index in [0.29, 0.717) is 12.4 Å². The lowest BCUT2D eigenvalue weighted by Crippen LogP contribution is -2.52. The molecule has 0 radical (unpaired) electrons. The first-order valence-electron chi connectivity index (χ1n) is 6.41. The van der Waals surface area contributed by atoms with Crippen molar-refractivity contribution in [1.82, 2.24) is 9.97 Å². The van der Waals surface area contributed by atoms with Gasteiger partial charge in [-0.1, -0.05) is 16.9 Å². The molecule has 2 rings (SSSR count). The molecule has 0 atom stereocenters. The van der Waals surface area contributed by atoms with Gasteiger partial charge in [0, 0.05) is 19.5 Å². The van der Waals surface area contributed by atoms with Crippen molar-refractivity contribution in [3.8, 4) is 0 Å². The van der Waals surface area contributed by atoms with Gasteiger partial charge in [-0.15, -0.1) is 0 Å². The lowest BCUT2D eigenvalue weighted by atomic mass is 10.1. The molecule has 0 unspecified atom stereocenters.